The van der Waals surface area contributed by atoms with E-state index in [0.717, 1.165) is 83.1 Å². The molecule has 0 amide bonds. The molecule has 0 bridgehead atoms. The van der Waals surface area contributed by atoms with Crippen molar-refractivity contribution in [1.82, 2.24) is 15.0 Å². The van der Waals surface area contributed by atoms with Gasteiger partial charge >= 0.3 is 0 Å². The smallest absolute Gasteiger partial charge is 0.161 e. The van der Waals surface area contributed by atoms with Crippen LogP contribution < -0.4 is 0 Å². The molecule has 66 heavy (non-hydrogen) atoms. The third-order valence-corrected chi connectivity index (χ3v) is 13.3. The van der Waals surface area contributed by atoms with E-state index >= 15 is 0 Å². The first kappa shape index (κ1) is 37.7. The van der Waals surface area contributed by atoms with E-state index in [2.05, 4.69) is 237 Å². The van der Waals surface area contributed by atoms with Gasteiger partial charge in [0.05, 0.1) is 22.6 Å². The zero-order chi connectivity index (χ0) is 43.6. The van der Waals surface area contributed by atoms with Crippen LogP contribution in [0.2, 0.25) is 0 Å². The molecule has 2 heterocycles. The number of hydrogen-bond donors (Lipinski definition) is 0. The van der Waals surface area contributed by atoms with E-state index in [1.165, 1.54) is 43.3 Å². The standard InChI is InChI=1S/C63H39N3/c1-2-16-47-37-48(36-31-40(47)13-1)62-57-38-56(51-21-7-8-22-53(51)61(57)55-23-9-10-26-58(55)64-62)45-32-27-41(28-33-45)42-29-34-46(35-30-42)59-39-60(52-24-11-17-43-14-3-5-19-49(43)52)66-63(65-59)54-25-12-18-44-15-4-6-20-50(44)54/h1-39H. The van der Waals surface area contributed by atoms with Crippen LogP contribution in [0.25, 0.3) is 132 Å². The van der Waals surface area contributed by atoms with Crippen LogP contribution in [0.4, 0.5) is 0 Å². The second kappa shape index (κ2) is 15.5. The van der Waals surface area contributed by atoms with Gasteiger partial charge in [-0.3, -0.25) is 0 Å². The van der Waals surface area contributed by atoms with Gasteiger partial charge in [0.2, 0.25) is 0 Å². The Kier molecular flexibility index (Phi) is 8.85. The average Bonchev–Trinajstić information content (AvgIpc) is 3.39. The Labute approximate surface area is 382 Å². The maximum absolute atomic E-state index is 5.36. The maximum Gasteiger partial charge on any atom is 0.161 e. The van der Waals surface area contributed by atoms with Crippen molar-refractivity contribution in [2.75, 3.05) is 0 Å². The van der Waals surface area contributed by atoms with Gasteiger partial charge in [0.1, 0.15) is 0 Å². The number of pyridine rings is 1. The van der Waals surface area contributed by atoms with Crippen LogP contribution in [-0.4, -0.2) is 15.0 Å². The van der Waals surface area contributed by atoms with Gasteiger partial charge in [-0.1, -0.05) is 212 Å². The Morgan fingerprint density at radius 3 is 1.48 bits per heavy atom. The van der Waals surface area contributed by atoms with Crippen molar-refractivity contribution in [3.63, 3.8) is 0 Å². The zero-order valence-corrected chi connectivity index (χ0v) is 35.9. The molecule has 0 atom stereocenters. The van der Waals surface area contributed by atoms with Gasteiger partial charge in [0, 0.05) is 38.4 Å². The SMILES string of the molecule is c1ccc2cc(-c3nc4ccccc4c4c3cc(-c3ccc(-c5ccc(-c6cc(-c7cccc8ccccc78)nc(-c7cccc8ccccc78)n6)cc5)cc3)c3ccccc34)ccc2c1. The van der Waals surface area contributed by atoms with Crippen LogP contribution in [0.1, 0.15) is 0 Å². The quantitative estimate of drug-likeness (QED) is 0.157. The van der Waals surface area contributed by atoms with Crippen molar-refractivity contribution in [3.8, 4) is 67.4 Å². The summed E-state index contributed by atoms with van der Waals surface area (Å²) in [5.41, 5.74) is 12.7. The molecular weight excluding hydrogens is 799 g/mol. The van der Waals surface area contributed by atoms with E-state index in [9.17, 15) is 0 Å². The number of aromatic nitrogens is 3. The summed E-state index contributed by atoms with van der Waals surface area (Å²) in [5, 5.41) is 13.1. The molecule has 0 spiro atoms. The number of rotatable bonds is 6. The Hall–Kier alpha value is -8.79. The van der Waals surface area contributed by atoms with Crippen molar-refractivity contribution in [1.29, 1.82) is 0 Å². The number of hydrogen-bond acceptors (Lipinski definition) is 3. The molecule has 0 radical (unpaired) electrons. The van der Waals surface area contributed by atoms with Crippen molar-refractivity contribution in [2.24, 2.45) is 0 Å². The fourth-order valence-corrected chi connectivity index (χ4v) is 10.0. The molecule has 3 heteroatoms. The summed E-state index contributed by atoms with van der Waals surface area (Å²) in [6.07, 6.45) is 0. The third kappa shape index (κ3) is 6.40. The van der Waals surface area contributed by atoms with Crippen molar-refractivity contribution < 1.29 is 0 Å². The van der Waals surface area contributed by atoms with Crippen LogP contribution in [0.15, 0.2) is 237 Å². The van der Waals surface area contributed by atoms with Crippen LogP contribution in [0.5, 0.6) is 0 Å². The molecule has 306 valence electrons. The first-order valence-corrected chi connectivity index (χ1v) is 22.5. The van der Waals surface area contributed by atoms with E-state index in [0.29, 0.717) is 5.82 Å². The average molecular weight is 838 g/mol. The van der Waals surface area contributed by atoms with E-state index in [1.807, 2.05) is 0 Å². The van der Waals surface area contributed by atoms with Crippen molar-refractivity contribution in [2.45, 2.75) is 0 Å². The summed E-state index contributed by atoms with van der Waals surface area (Å²) < 4.78 is 0. The lowest BCUT2D eigenvalue weighted by molar-refractivity contribution is 1.19. The van der Waals surface area contributed by atoms with Crippen molar-refractivity contribution >= 4 is 64.8 Å². The van der Waals surface area contributed by atoms with Gasteiger partial charge in [-0.25, -0.2) is 15.0 Å². The normalized spacial score (nSPS) is 11.6. The molecular formula is C63H39N3. The van der Waals surface area contributed by atoms with Gasteiger partial charge in [0.15, 0.2) is 5.82 Å². The number of fused-ring (bicyclic) bond motifs is 8. The summed E-state index contributed by atoms with van der Waals surface area (Å²) >= 11 is 0. The highest BCUT2D eigenvalue weighted by Gasteiger charge is 2.18. The second-order valence-corrected chi connectivity index (χ2v) is 17.1. The number of para-hydroxylation sites is 1. The molecule has 13 rings (SSSR count). The van der Waals surface area contributed by atoms with E-state index < -0.39 is 0 Å². The van der Waals surface area contributed by atoms with Gasteiger partial charge in [-0.05, 0) is 89.6 Å². The second-order valence-electron chi connectivity index (χ2n) is 17.1. The molecule has 0 fully saturated rings. The van der Waals surface area contributed by atoms with Crippen LogP contribution in [-0.2, 0) is 0 Å². The highest BCUT2D eigenvalue weighted by Crippen LogP contribution is 2.43. The predicted molar refractivity (Wildman–Crippen MR) is 277 cm³/mol. The molecule has 0 aliphatic carbocycles. The molecule has 0 N–H and O–H groups in total. The lowest BCUT2D eigenvalue weighted by Gasteiger charge is -2.16. The Morgan fingerprint density at radius 1 is 0.242 bits per heavy atom. The highest BCUT2D eigenvalue weighted by molar-refractivity contribution is 6.25. The summed E-state index contributed by atoms with van der Waals surface area (Å²) in [5.74, 6) is 0.710. The molecule has 0 aliphatic heterocycles. The number of benzene rings is 11. The fraction of sp³-hybridized carbons (Fsp3) is 0. The van der Waals surface area contributed by atoms with Crippen molar-refractivity contribution in [3.05, 3.63) is 237 Å². The lowest BCUT2D eigenvalue weighted by atomic mass is 9.89. The highest BCUT2D eigenvalue weighted by atomic mass is 14.9. The minimum atomic E-state index is 0.710. The van der Waals surface area contributed by atoms with E-state index in [-0.39, 0.29) is 0 Å². The summed E-state index contributed by atoms with van der Waals surface area (Å²) in [4.78, 5) is 15.9. The summed E-state index contributed by atoms with van der Waals surface area (Å²) in [7, 11) is 0. The largest absolute Gasteiger partial charge is 0.247 e. The molecule has 2 aromatic heterocycles. The Bertz CT molecular complexity index is 3930. The molecule has 11 aromatic carbocycles. The minimum Gasteiger partial charge on any atom is -0.247 e. The van der Waals surface area contributed by atoms with Crippen LogP contribution in [0.3, 0.4) is 0 Å². The molecule has 0 aliphatic rings. The topological polar surface area (TPSA) is 38.7 Å². The van der Waals surface area contributed by atoms with Gasteiger partial charge < -0.3 is 0 Å². The van der Waals surface area contributed by atoms with Gasteiger partial charge in [-0.15, -0.1) is 0 Å². The lowest BCUT2D eigenvalue weighted by Crippen LogP contribution is -1.97. The number of nitrogens with zero attached hydrogens (tertiary/aromatic N) is 3. The first-order chi connectivity index (χ1) is 32.7. The molecule has 13 aromatic rings. The predicted octanol–water partition coefficient (Wildman–Crippen LogP) is 16.8. The minimum absolute atomic E-state index is 0.710. The molecule has 3 nitrogen and oxygen atoms in total. The van der Waals surface area contributed by atoms with Gasteiger partial charge in [0.25, 0.3) is 0 Å². The zero-order valence-electron chi connectivity index (χ0n) is 35.9. The molecule has 0 saturated heterocycles. The third-order valence-electron chi connectivity index (χ3n) is 13.3. The Balaban J connectivity index is 0.903. The van der Waals surface area contributed by atoms with E-state index in [1.54, 1.807) is 0 Å². The monoisotopic (exact) mass is 837 g/mol. The summed E-state index contributed by atoms with van der Waals surface area (Å²) in [6.45, 7) is 0. The maximum atomic E-state index is 5.36. The van der Waals surface area contributed by atoms with Crippen LogP contribution in [0, 0.1) is 0 Å². The molecule has 0 unspecified atom stereocenters. The fourth-order valence-electron chi connectivity index (χ4n) is 10.0. The Morgan fingerprint density at radius 2 is 0.758 bits per heavy atom. The first-order valence-electron chi connectivity index (χ1n) is 22.5. The summed E-state index contributed by atoms with van der Waals surface area (Å²) in [6, 6.07) is 84.7. The van der Waals surface area contributed by atoms with E-state index in [4.69, 9.17) is 15.0 Å². The van der Waals surface area contributed by atoms with Crippen LogP contribution >= 0.6 is 0 Å². The van der Waals surface area contributed by atoms with Gasteiger partial charge in [-0.2, -0.15) is 0 Å². The molecule has 0 saturated carbocycles.